The third-order valence-corrected chi connectivity index (χ3v) is 4.65. The van der Waals surface area contributed by atoms with Crippen LogP contribution in [-0.4, -0.2) is 56.4 Å². The maximum Gasteiger partial charge on any atom is 0.407 e. The molecule has 0 fully saturated rings. The Bertz CT molecular complexity index is 1320. The molecule has 9 nitrogen and oxygen atoms in total. The number of amides is 1. The molecule has 0 radical (unpaired) electrons. The number of hydrogen-bond donors (Lipinski definition) is 1. The van der Waals surface area contributed by atoms with Gasteiger partial charge < -0.3 is 19.5 Å². The Morgan fingerprint density at radius 3 is 2.13 bits per heavy atom. The predicted octanol–water partition coefficient (Wildman–Crippen LogP) is 5.67. The molecular formula is C27H34ClN3O6S. The quantitative estimate of drug-likeness (QED) is 0.278. The second-order valence-corrected chi connectivity index (χ2v) is 12.3. The van der Waals surface area contributed by atoms with E-state index in [1.54, 1.807) is 7.11 Å². The summed E-state index contributed by atoms with van der Waals surface area (Å²) in [6.45, 7) is 12.1. The summed E-state index contributed by atoms with van der Waals surface area (Å²) < 4.78 is 36.9. The lowest BCUT2D eigenvalue weighted by Gasteiger charge is -2.19. The molecule has 1 heterocycles. The molecule has 0 saturated carbocycles. The van der Waals surface area contributed by atoms with Gasteiger partial charge in [0.2, 0.25) is 9.05 Å². The molecule has 206 valence electrons. The third kappa shape index (κ3) is 10.9. The van der Waals surface area contributed by atoms with Gasteiger partial charge in [-0.15, -0.1) is 0 Å². The summed E-state index contributed by atoms with van der Waals surface area (Å²) >= 11 is 0. The van der Waals surface area contributed by atoms with E-state index < -0.39 is 20.7 Å². The number of allylic oxidation sites excluding steroid dienone is 1. The minimum absolute atomic E-state index is 0.335. The smallest absolute Gasteiger partial charge is 0.407 e. The fourth-order valence-corrected chi connectivity index (χ4v) is 3.07. The van der Waals surface area contributed by atoms with Crippen molar-refractivity contribution in [3.05, 3.63) is 66.9 Å². The summed E-state index contributed by atoms with van der Waals surface area (Å²) in [6.07, 6.45) is 0.468. The van der Waals surface area contributed by atoms with Crippen molar-refractivity contribution in [3.8, 4) is 28.4 Å². The maximum absolute atomic E-state index is 11.7. The zero-order valence-electron chi connectivity index (χ0n) is 22.4. The average molecular weight is 564 g/mol. The number of benzene rings is 2. The largest absolute Gasteiger partial charge is 0.497 e. The predicted molar refractivity (Wildman–Crippen MR) is 151 cm³/mol. The highest BCUT2D eigenvalue weighted by Crippen LogP contribution is 2.28. The number of nitrogens with zero attached hydrogens (tertiary/aromatic N) is 2. The van der Waals surface area contributed by atoms with E-state index in [4.69, 9.17) is 19.3 Å². The minimum atomic E-state index is -3.19. The summed E-state index contributed by atoms with van der Waals surface area (Å²) in [5, 5.41) is 7.41. The SMILES string of the molecule is C=C(C)c1cc(-c2ccc(OCCNC(=O)OC(C)(C)C)cc2)n(-c2ccc(OC)cc2)n1.CS(=O)(=O)Cl. The van der Waals surface area contributed by atoms with Crippen LogP contribution in [0.2, 0.25) is 0 Å². The number of alkyl carbamates (subject to hydrolysis) is 1. The van der Waals surface area contributed by atoms with Crippen molar-refractivity contribution in [2.75, 3.05) is 26.5 Å². The number of aromatic nitrogens is 2. The Balaban J connectivity index is 0.000000926. The Kier molecular flexibility index (Phi) is 10.8. The number of methoxy groups -OCH3 is 1. The van der Waals surface area contributed by atoms with Gasteiger partial charge in [0, 0.05) is 16.2 Å². The zero-order valence-corrected chi connectivity index (χ0v) is 24.0. The first-order chi connectivity index (χ1) is 17.7. The normalized spacial score (nSPS) is 11.1. The fourth-order valence-electron chi connectivity index (χ4n) is 3.07. The van der Waals surface area contributed by atoms with Crippen LogP contribution >= 0.6 is 10.7 Å². The number of nitrogens with one attached hydrogen (secondary N) is 1. The van der Waals surface area contributed by atoms with Gasteiger partial charge in [0.1, 0.15) is 23.7 Å². The van der Waals surface area contributed by atoms with E-state index in [1.807, 2.05) is 87.0 Å². The molecule has 3 aromatic rings. The molecule has 1 amide bonds. The lowest BCUT2D eigenvalue weighted by molar-refractivity contribution is 0.0520. The molecule has 1 aromatic heterocycles. The molecule has 1 N–H and O–H groups in total. The molecular weight excluding hydrogens is 530 g/mol. The molecule has 0 unspecified atom stereocenters. The monoisotopic (exact) mass is 563 g/mol. The van der Waals surface area contributed by atoms with Crippen molar-refractivity contribution in [1.82, 2.24) is 15.1 Å². The number of halogens is 1. The van der Waals surface area contributed by atoms with E-state index in [0.29, 0.717) is 18.9 Å². The second-order valence-electron chi connectivity index (χ2n) is 9.29. The lowest BCUT2D eigenvalue weighted by Crippen LogP contribution is -2.34. The third-order valence-electron chi connectivity index (χ3n) is 4.65. The van der Waals surface area contributed by atoms with Gasteiger partial charge in [-0.2, -0.15) is 5.10 Å². The molecule has 0 spiro atoms. The maximum atomic E-state index is 11.7. The van der Waals surface area contributed by atoms with Crippen LogP contribution in [0.4, 0.5) is 4.79 Å². The lowest BCUT2D eigenvalue weighted by atomic mass is 10.1. The first kappa shape index (κ1) is 30.7. The van der Waals surface area contributed by atoms with Gasteiger partial charge in [-0.05, 0) is 87.9 Å². The summed E-state index contributed by atoms with van der Waals surface area (Å²) in [4.78, 5) is 11.7. The molecule has 3 rings (SSSR count). The van der Waals surface area contributed by atoms with Crippen molar-refractivity contribution in [2.45, 2.75) is 33.3 Å². The van der Waals surface area contributed by atoms with Gasteiger partial charge in [0.25, 0.3) is 0 Å². The molecule has 2 aromatic carbocycles. The minimum Gasteiger partial charge on any atom is -0.497 e. The summed E-state index contributed by atoms with van der Waals surface area (Å²) in [5.74, 6) is 1.50. The Labute approximate surface area is 228 Å². The Hall–Kier alpha value is -3.50. The highest BCUT2D eigenvalue weighted by atomic mass is 35.7. The molecule has 0 saturated heterocycles. The van der Waals surface area contributed by atoms with Crippen molar-refractivity contribution in [3.63, 3.8) is 0 Å². The van der Waals surface area contributed by atoms with E-state index in [0.717, 1.165) is 40.2 Å². The van der Waals surface area contributed by atoms with E-state index in [-0.39, 0.29) is 0 Å². The first-order valence-electron chi connectivity index (χ1n) is 11.7. The molecule has 11 heteroatoms. The van der Waals surface area contributed by atoms with Crippen LogP contribution in [-0.2, 0) is 13.8 Å². The highest BCUT2D eigenvalue weighted by Gasteiger charge is 2.16. The van der Waals surface area contributed by atoms with Gasteiger partial charge in [-0.25, -0.2) is 17.9 Å². The van der Waals surface area contributed by atoms with E-state index in [2.05, 4.69) is 22.6 Å². The molecule has 0 aliphatic heterocycles. The Morgan fingerprint density at radius 2 is 1.63 bits per heavy atom. The van der Waals surface area contributed by atoms with Gasteiger partial charge in [0.05, 0.1) is 37.0 Å². The second kappa shape index (κ2) is 13.3. The van der Waals surface area contributed by atoms with Crippen molar-refractivity contribution in [1.29, 1.82) is 0 Å². The molecule has 0 aliphatic rings. The molecule has 0 bridgehead atoms. The standard InChI is InChI=1S/C26H31N3O4.CH3ClO2S/c1-18(2)23-17-24(29(28-23)20-9-13-21(31-6)14-10-20)19-7-11-22(12-8-19)32-16-15-27-25(30)33-26(3,4)5;1-5(2,3)4/h7-14,17H,1,15-16H2,2-6H3,(H,27,30);1H3. The van der Waals surface area contributed by atoms with Gasteiger partial charge in [0.15, 0.2) is 0 Å². The van der Waals surface area contributed by atoms with Gasteiger partial charge in [-0.1, -0.05) is 6.58 Å². The summed E-state index contributed by atoms with van der Waals surface area (Å²) in [5.41, 5.74) is 4.05. The van der Waals surface area contributed by atoms with E-state index in [1.165, 1.54) is 0 Å². The summed E-state index contributed by atoms with van der Waals surface area (Å²) in [6, 6.07) is 17.5. The molecule has 38 heavy (non-hydrogen) atoms. The number of carbonyl (C=O) groups is 1. The van der Waals surface area contributed by atoms with Gasteiger partial charge >= 0.3 is 6.09 Å². The van der Waals surface area contributed by atoms with E-state index in [9.17, 15) is 13.2 Å². The van der Waals surface area contributed by atoms with Crippen molar-refractivity contribution in [2.24, 2.45) is 0 Å². The highest BCUT2D eigenvalue weighted by molar-refractivity contribution is 8.13. The molecule has 0 aliphatic carbocycles. The van der Waals surface area contributed by atoms with Crippen LogP contribution in [0.1, 0.15) is 33.4 Å². The topological polar surface area (TPSA) is 109 Å². The van der Waals surface area contributed by atoms with Crippen LogP contribution in [0, 0.1) is 0 Å². The van der Waals surface area contributed by atoms with E-state index >= 15 is 0 Å². The Morgan fingerprint density at radius 1 is 1.08 bits per heavy atom. The van der Waals surface area contributed by atoms with Gasteiger partial charge in [-0.3, -0.25) is 0 Å². The number of carbonyl (C=O) groups excluding carboxylic acids is 1. The number of ether oxygens (including phenoxy) is 3. The van der Waals surface area contributed by atoms with Crippen LogP contribution in [0.3, 0.4) is 0 Å². The van der Waals surface area contributed by atoms with Crippen LogP contribution < -0.4 is 14.8 Å². The fraction of sp³-hybridized carbons (Fsp3) is 0.333. The summed E-state index contributed by atoms with van der Waals surface area (Å²) in [7, 11) is 2.95. The zero-order chi connectivity index (χ0) is 28.5. The average Bonchev–Trinajstić information content (AvgIpc) is 3.26. The van der Waals surface area contributed by atoms with Crippen LogP contribution in [0.25, 0.3) is 22.5 Å². The van der Waals surface area contributed by atoms with Crippen LogP contribution in [0.15, 0.2) is 61.2 Å². The first-order valence-corrected chi connectivity index (χ1v) is 14.4. The van der Waals surface area contributed by atoms with Crippen molar-refractivity contribution < 1.29 is 27.4 Å². The van der Waals surface area contributed by atoms with Crippen LogP contribution in [0.5, 0.6) is 11.5 Å². The molecule has 0 atom stereocenters. The van der Waals surface area contributed by atoms with Crippen molar-refractivity contribution >= 4 is 31.4 Å². The number of rotatable bonds is 8. The number of hydrogen-bond acceptors (Lipinski definition) is 7.